The summed E-state index contributed by atoms with van der Waals surface area (Å²) in [5.74, 6) is 0. The van der Waals surface area contributed by atoms with Crippen molar-refractivity contribution < 1.29 is 4.74 Å². The molecule has 17 heavy (non-hydrogen) atoms. The van der Waals surface area contributed by atoms with Gasteiger partial charge in [-0.2, -0.15) is 0 Å². The fraction of sp³-hybridized carbons (Fsp3) is 0.385. The molecule has 1 aliphatic rings. The second kappa shape index (κ2) is 5.06. The lowest BCUT2D eigenvalue weighted by molar-refractivity contribution is 0.0346. The first-order valence-electron chi connectivity index (χ1n) is 5.80. The van der Waals surface area contributed by atoms with Crippen molar-refractivity contribution in [1.29, 1.82) is 0 Å². The summed E-state index contributed by atoms with van der Waals surface area (Å²) in [5, 5.41) is 1.34. The van der Waals surface area contributed by atoms with E-state index in [0.29, 0.717) is 0 Å². The predicted molar refractivity (Wildman–Crippen MR) is 75.6 cm³/mol. The molecule has 0 radical (unpaired) electrons. The lowest BCUT2D eigenvalue weighted by Crippen LogP contribution is -2.35. The van der Waals surface area contributed by atoms with E-state index in [9.17, 15) is 0 Å². The van der Waals surface area contributed by atoms with Gasteiger partial charge in [-0.3, -0.25) is 4.90 Å². The number of hydrogen-bond acceptors (Lipinski definition) is 3. The summed E-state index contributed by atoms with van der Waals surface area (Å²) >= 11 is 5.50. The fourth-order valence-electron chi connectivity index (χ4n) is 2.14. The number of halogens is 1. The molecule has 0 bridgehead atoms. The van der Waals surface area contributed by atoms with Crippen LogP contribution in [0.15, 0.2) is 28.7 Å². The molecule has 0 N–H and O–H groups in total. The van der Waals surface area contributed by atoms with E-state index in [2.05, 4.69) is 45.1 Å². The number of rotatable bonds is 2. The average Bonchev–Trinajstić information content (AvgIpc) is 2.74. The van der Waals surface area contributed by atoms with Crippen LogP contribution in [0.5, 0.6) is 0 Å². The Morgan fingerprint density at radius 1 is 1.29 bits per heavy atom. The van der Waals surface area contributed by atoms with Crippen LogP contribution in [0.2, 0.25) is 0 Å². The molecule has 0 unspecified atom stereocenters. The number of ether oxygens (including phenoxy) is 1. The molecule has 90 valence electrons. The first kappa shape index (κ1) is 11.7. The fourth-order valence-corrected chi connectivity index (χ4v) is 3.87. The summed E-state index contributed by atoms with van der Waals surface area (Å²) in [4.78, 5) is 3.90. The first-order valence-corrected chi connectivity index (χ1v) is 7.41. The van der Waals surface area contributed by atoms with Crippen LogP contribution in [0.4, 0.5) is 0 Å². The Labute approximate surface area is 113 Å². The zero-order valence-corrected chi connectivity index (χ0v) is 11.9. The number of benzene rings is 1. The van der Waals surface area contributed by atoms with Crippen LogP contribution in [0, 0.1) is 0 Å². The first-order chi connectivity index (χ1) is 8.33. The summed E-state index contributed by atoms with van der Waals surface area (Å²) < 4.78 is 7.93. The molecule has 2 nitrogen and oxygen atoms in total. The van der Waals surface area contributed by atoms with Gasteiger partial charge in [-0.15, -0.1) is 11.3 Å². The van der Waals surface area contributed by atoms with Gasteiger partial charge in [0.25, 0.3) is 0 Å². The molecule has 1 saturated heterocycles. The Morgan fingerprint density at radius 3 is 2.88 bits per heavy atom. The number of thiophene rings is 1. The van der Waals surface area contributed by atoms with Crippen LogP contribution in [-0.2, 0) is 11.3 Å². The zero-order valence-electron chi connectivity index (χ0n) is 9.49. The van der Waals surface area contributed by atoms with E-state index in [4.69, 9.17) is 4.74 Å². The zero-order chi connectivity index (χ0) is 11.7. The van der Waals surface area contributed by atoms with Crippen LogP contribution in [0.1, 0.15) is 4.88 Å². The van der Waals surface area contributed by atoms with Crippen molar-refractivity contribution >= 4 is 37.4 Å². The van der Waals surface area contributed by atoms with Gasteiger partial charge in [0.05, 0.1) is 13.2 Å². The SMILES string of the molecule is Brc1cccc2cc(CN3CCOCC3)sc12. The normalized spacial score (nSPS) is 17.7. The number of nitrogens with zero attached hydrogens (tertiary/aromatic N) is 1. The highest BCUT2D eigenvalue weighted by molar-refractivity contribution is 9.10. The molecule has 2 aromatic rings. The van der Waals surface area contributed by atoms with E-state index in [1.54, 1.807) is 0 Å². The Kier molecular flexibility index (Phi) is 3.47. The van der Waals surface area contributed by atoms with Crippen molar-refractivity contribution in [2.75, 3.05) is 26.3 Å². The largest absolute Gasteiger partial charge is 0.379 e. The highest BCUT2D eigenvalue weighted by Gasteiger charge is 2.12. The molecule has 1 fully saturated rings. The molecule has 4 heteroatoms. The van der Waals surface area contributed by atoms with Crippen molar-refractivity contribution in [1.82, 2.24) is 4.90 Å². The molecule has 1 aromatic heterocycles. The molecule has 0 spiro atoms. The van der Waals surface area contributed by atoms with Gasteiger partial charge in [-0.05, 0) is 33.4 Å². The lowest BCUT2D eigenvalue weighted by atomic mass is 10.2. The highest BCUT2D eigenvalue weighted by atomic mass is 79.9. The highest BCUT2D eigenvalue weighted by Crippen LogP contribution is 2.32. The summed E-state index contributed by atoms with van der Waals surface area (Å²) in [5.41, 5.74) is 0. The van der Waals surface area contributed by atoms with Gasteiger partial charge in [-0.1, -0.05) is 12.1 Å². The number of morpholine rings is 1. The van der Waals surface area contributed by atoms with Crippen molar-refractivity contribution in [2.45, 2.75) is 6.54 Å². The maximum absolute atomic E-state index is 5.37. The number of fused-ring (bicyclic) bond motifs is 1. The van der Waals surface area contributed by atoms with E-state index in [-0.39, 0.29) is 0 Å². The second-order valence-electron chi connectivity index (χ2n) is 4.26. The Bertz CT molecular complexity index is 519. The van der Waals surface area contributed by atoms with Gasteiger partial charge in [0.15, 0.2) is 0 Å². The van der Waals surface area contributed by atoms with Crippen molar-refractivity contribution in [3.63, 3.8) is 0 Å². The van der Waals surface area contributed by atoms with E-state index >= 15 is 0 Å². The van der Waals surface area contributed by atoms with Gasteiger partial charge in [0, 0.05) is 33.7 Å². The summed E-state index contributed by atoms with van der Waals surface area (Å²) in [6.07, 6.45) is 0. The third-order valence-electron chi connectivity index (χ3n) is 3.03. The van der Waals surface area contributed by atoms with Gasteiger partial charge in [0.2, 0.25) is 0 Å². The Hall–Kier alpha value is -0.420. The molecule has 0 amide bonds. The monoisotopic (exact) mass is 311 g/mol. The number of hydrogen-bond donors (Lipinski definition) is 0. The second-order valence-corrected chi connectivity index (χ2v) is 6.25. The molecule has 0 atom stereocenters. The maximum atomic E-state index is 5.37. The summed E-state index contributed by atoms with van der Waals surface area (Å²) in [6.45, 7) is 4.89. The topological polar surface area (TPSA) is 12.5 Å². The van der Waals surface area contributed by atoms with Crippen LogP contribution >= 0.6 is 27.3 Å². The quantitative estimate of drug-likeness (QED) is 0.841. The van der Waals surface area contributed by atoms with Gasteiger partial charge < -0.3 is 4.74 Å². The standard InChI is InChI=1S/C13H14BrNOS/c14-12-3-1-2-10-8-11(17-13(10)12)9-15-4-6-16-7-5-15/h1-3,8H,4-7,9H2. The molecule has 1 aliphatic heterocycles. The van der Waals surface area contributed by atoms with Crippen molar-refractivity contribution in [3.8, 4) is 0 Å². The van der Waals surface area contributed by atoms with E-state index in [1.807, 2.05) is 11.3 Å². The predicted octanol–water partition coefficient (Wildman–Crippen LogP) is 3.50. The van der Waals surface area contributed by atoms with Crippen LogP contribution < -0.4 is 0 Å². The van der Waals surface area contributed by atoms with Crippen molar-refractivity contribution in [2.24, 2.45) is 0 Å². The summed E-state index contributed by atoms with van der Waals surface area (Å²) in [6, 6.07) is 8.69. The van der Waals surface area contributed by atoms with E-state index < -0.39 is 0 Å². The Balaban J connectivity index is 1.83. The third kappa shape index (κ3) is 2.55. The smallest absolute Gasteiger partial charge is 0.0594 e. The van der Waals surface area contributed by atoms with Gasteiger partial charge >= 0.3 is 0 Å². The maximum Gasteiger partial charge on any atom is 0.0594 e. The average molecular weight is 312 g/mol. The minimum atomic E-state index is 0.870. The molecule has 2 heterocycles. The molecule has 1 aromatic carbocycles. The molecular formula is C13H14BrNOS. The minimum Gasteiger partial charge on any atom is -0.379 e. The van der Waals surface area contributed by atoms with E-state index in [0.717, 1.165) is 32.8 Å². The van der Waals surface area contributed by atoms with Gasteiger partial charge in [0.1, 0.15) is 0 Å². The molecule has 0 aliphatic carbocycles. The van der Waals surface area contributed by atoms with Crippen LogP contribution in [0.3, 0.4) is 0 Å². The minimum absolute atomic E-state index is 0.870. The van der Waals surface area contributed by atoms with Gasteiger partial charge in [-0.25, -0.2) is 0 Å². The third-order valence-corrected chi connectivity index (χ3v) is 5.12. The molecule has 3 rings (SSSR count). The Morgan fingerprint density at radius 2 is 2.12 bits per heavy atom. The molecular weight excluding hydrogens is 298 g/mol. The van der Waals surface area contributed by atoms with Crippen LogP contribution in [0.25, 0.3) is 10.1 Å². The van der Waals surface area contributed by atoms with Crippen molar-refractivity contribution in [3.05, 3.63) is 33.6 Å². The molecule has 0 saturated carbocycles. The lowest BCUT2D eigenvalue weighted by Gasteiger charge is -2.25. The van der Waals surface area contributed by atoms with E-state index in [1.165, 1.54) is 19.4 Å². The summed E-state index contributed by atoms with van der Waals surface area (Å²) in [7, 11) is 0. The van der Waals surface area contributed by atoms with Crippen LogP contribution in [-0.4, -0.2) is 31.2 Å².